The number of rotatable bonds is 11. The minimum absolute atomic E-state index is 0.552. The molecule has 1 heteroatoms. The number of aryl methyl sites for hydroxylation is 1. The molecule has 0 aliphatic carbocycles. The summed E-state index contributed by atoms with van der Waals surface area (Å²) >= 11 is 0. The molecule has 1 N–H and O–H groups in total. The van der Waals surface area contributed by atoms with E-state index in [1.807, 2.05) is 0 Å². The predicted molar refractivity (Wildman–Crippen MR) is 97.9 cm³/mol. The third-order valence-corrected chi connectivity index (χ3v) is 4.64. The Labute approximate surface area is 138 Å². The molecule has 0 atom stereocenters. The van der Waals surface area contributed by atoms with Gasteiger partial charge in [-0.15, -0.1) is 0 Å². The van der Waals surface area contributed by atoms with E-state index < -0.39 is 0 Å². The topological polar surface area (TPSA) is 20.2 Å². The highest BCUT2D eigenvalue weighted by Crippen LogP contribution is 2.32. The standard InChI is InChI=1S/C21H36O/c1-5-9-10-11-12-15-20-18(8-4)19(14-7-3)17(13-6-2)16-21(20)22/h16,22H,5-15H2,1-4H3. The van der Waals surface area contributed by atoms with Crippen LogP contribution in [-0.2, 0) is 25.7 Å². The largest absolute Gasteiger partial charge is 0.508 e. The lowest BCUT2D eigenvalue weighted by molar-refractivity contribution is 0.463. The van der Waals surface area contributed by atoms with E-state index >= 15 is 0 Å². The molecule has 0 amide bonds. The van der Waals surface area contributed by atoms with E-state index in [1.165, 1.54) is 60.8 Å². The number of aromatic hydroxyl groups is 1. The molecule has 0 aliphatic heterocycles. The molecule has 0 aliphatic rings. The second-order valence-electron chi connectivity index (χ2n) is 6.51. The third-order valence-electron chi connectivity index (χ3n) is 4.64. The number of phenolic OH excluding ortho intramolecular Hbond substituents is 1. The quantitative estimate of drug-likeness (QED) is 0.471. The van der Waals surface area contributed by atoms with Crippen LogP contribution in [0.1, 0.15) is 94.9 Å². The van der Waals surface area contributed by atoms with Crippen LogP contribution in [0.15, 0.2) is 6.07 Å². The highest BCUT2D eigenvalue weighted by atomic mass is 16.3. The van der Waals surface area contributed by atoms with Crippen molar-refractivity contribution in [1.82, 2.24) is 0 Å². The maximum atomic E-state index is 10.5. The van der Waals surface area contributed by atoms with Crippen LogP contribution in [0, 0.1) is 0 Å². The fourth-order valence-corrected chi connectivity index (χ4v) is 3.53. The van der Waals surface area contributed by atoms with Crippen molar-refractivity contribution in [3.8, 4) is 5.75 Å². The molecule has 0 heterocycles. The number of phenols is 1. The monoisotopic (exact) mass is 304 g/mol. The first kappa shape index (κ1) is 19.1. The van der Waals surface area contributed by atoms with E-state index in [1.54, 1.807) is 0 Å². The molecule has 0 radical (unpaired) electrons. The van der Waals surface area contributed by atoms with Gasteiger partial charge < -0.3 is 5.11 Å². The van der Waals surface area contributed by atoms with Gasteiger partial charge in [-0.25, -0.2) is 0 Å². The first-order valence-corrected chi connectivity index (χ1v) is 9.54. The maximum absolute atomic E-state index is 10.5. The number of hydrogen-bond donors (Lipinski definition) is 1. The van der Waals surface area contributed by atoms with Crippen LogP contribution in [-0.4, -0.2) is 5.11 Å². The van der Waals surface area contributed by atoms with Crippen molar-refractivity contribution in [2.75, 3.05) is 0 Å². The summed E-state index contributed by atoms with van der Waals surface area (Å²) in [6, 6.07) is 2.06. The molecule has 1 rings (SSSR count). The minimum Gasteiger partial charge on any atom is -0.508 e. The molecule has 1 nitrogen and oxygen atoms in total. The summed E-state index contributed by atoms with van der Waals surface area (Å²) in [5.74, 6) is 0.552. The Hall–Kier alpha value is -0.980. The predicted octanol–water partition coefficient (Wildman–Crippen LogP) is 6.37. The maximum Gasteiger partial charge on any atom is 0.119 e. The van der Waals surface area contributed by atoms with Crippen LogP contribution in [0.3, 0.4) is 0 Å². The van der Waals surface area contributed by atoms with Crippen LogP contribution in [0.2, 0.25) is 0 Å². The molecular weight excluding hydrogens is 268 g/mol. The molecule has 1 aromatic rings. The zero-order valence-electron chi connectivity index (χ0n) is 15.3. The molecule has 0 saturated heterocycles. The van der Waals surface area contributed by atoms with Gasteiger partial charge in [0.15, 0.2) is 0 Å². The van der Waals surface area contributed by atoms with Gasteiger partial charge in [-0.2, -0.15) is 0 Å². The second kappa shape index (κ2) is 10.7. The summed E-state index contributed by atoms with van der Waals surface area (Å²) in [7, 11) is 0. The molecule has 22 heavy (non-hydrogen) atoms. The molecular formula is C21H36O. The Morgan fingerprint density at radius 1 is 0.682 bits per heavy atom. The minimum atomic E-state index is 0.552. The van der Waals surface area contributed by atoms with Crippen molar-refractivity contribution in [1.29, 1.82) is 0 Å². The number of hydrogen-bond acceptors (Lipinski definition) is 1. The van der Waals surface area contributed by atoms with Crippen molar-refractivity contribution >= 4 is 0 Å². The van der Waals surface area contributed by atoms with E-state index in [2.05, 4.69) is 33.8 Å². The van der Waals surface area contributed by atoms with E-state index in [0.717, 1.165) is 32.1 Å². The highest BCUT2D eigenvalue weighted by Gasteiger charge is 2.15. The molecule has 1 aromatic carbocycles. The van der Waals surface area contributed by atoms with Crippen LogP contribution < -0.4 is 0 Å². The Morgan fingerprint density at radius 2 is 1.36 bits per heavy atom. The number of unbranched alkanes of at least 4 members (excludes halogenated alkanes) is 4. The summed E-state index contributed by atoms with van der Waals surface area (Å²) in [5, 5.41) is 10.5. The second-order valence-corrected chi connectivity index (χ2v) is 6.51. The molecule has 0 fully saturated rings. The van der Waals surface area contributed by atoms with Gasteiger partial charge in [0.2, 0.25) is 0 Å². The average molecular weight is 305 g/mol. The fraction of sp³-hybridized carbons (Fsp3) is 0.714. The number of benzene rings is 1. The Balaban J connectivity index is 2.97. The molecule has 0 unspecified atom stereocenters. The third kappa shape index (κ3) is 5.34. The summed E-state index contributed by atoms with van der Waals surface area (Å²) in [4.78, 5) is 0. The SMILES string of the molecule is CCCCCCCc1c(O)cc(CCC)c(CCC)c1CC. The van der Waals surface area contributed by atoms with Gasteiger partial charge in [-0.1, -0.05) is 66.2 Å². The Kier molecular flexibility index (Phi) is 9.27. The van der Waals surface area contributed by atoms with Crippen LogP contribution in [0.25, 0.3) is 0 Å². The summed E-state index contributed by atoms with van der Waals surface area (Å²) in [5.41, 5.74) is 5.60. The van der Waals surface area contributed by atoms with Gasteiger partial charge in [-0.05, 0) is 60.4 Å². The summed E-state index contributed by atoms with van der Waals surface area (Å²) in [6.07, 6.45) is 13.1. The van der Waals surface area contributed by atoms with Gasteiger partial charge in [0, 0.05) is 0 Å². The first-order valence-electron chi connectivity index (χ1n) is 9.54. The van der Waals surface area contributed by atoms with E-state index in [4.69, 9.17) is 0 Å². The van der Waals surface area contributed by atoms with Gasteiger partial charge >= 0.3 is 0 Å². The van der Waals surface area contributed by atoms with Crippen molar-refractivity contribution in [3.63, 3.8) is 0 Å². The highest BCUT2D eigenvalue weighted by molar-refractivity contribution is 5.49. The van der Waals surface area contributed by atoms with Crippen molar-refractivity contribution in [2.45, 2.75) is 98.3 Å². The molecule has 0 spiro atoms. The van der Waals surface area contributed by atoms with E-state index in [9.17, 15) is 5.11 Å². The van der Waals surface area contributed by atoms with Crippen molar-refractivity contribution in [3.05, 3.63) is 28.3 Å². The zero-order valence-corrected chi connectivity index (χ0v) is 15.3. The van der Waals surface area contributed by atoms with Gasteiger partial charge in [0.1, 0.15) is 5.75 Å². The summed E-state index contributed by atoms with van der Waals surface area (Å²) < 4.78 is 0. The van der Waals surface area contributed by atoms with Gasteiger partial charge in [-0.3, -0.25) is 0 Å². The van der Waals surface area contributed by atoms with E-state index in [0.29, 0.717) is 5.75 Å². The fourth-order valence-electron chi connectivity index (χ4n) is 3.53. The Morgan fingerprint density at radius 3 is 1.95 bits per heavy atom. The molecule has 0 bridgehead atoms. The lowest BCUT2D eigenvalue weighted by atomic mass is 9.87. The van der Waals surface area contributed by atoms with Crippen LogP contribution in [0.5, 0.6) is 5.75 Å². The normalized spacial score (nSPS) is 11.1. The lowest BCUT2D eigenvalue weighted by Crippen LogP contribution is -2.05. The molecule has 126 valence electrons. The van der Waals surface area contributed by atoms with E-state index in [-0.39, 0.29) is 0 Å². The zero-order chi connectivity index (χ0) is 16.4. The van der Waals surface area contributed by atoms with Crippen molar-refractivity contribution < 1.29 is 5.11 Å². The van der Waals surface area contributed by atoms with Crippen molar-refractivity contribution in [2.24, 2.45) is 0 Å². The smallest absolute Gasteiger partial charge is 0.119 e. The first-order chi connectivity index (χ1) is 10.7. The molecule has 0 saturated carbocycles. The summed E-state index contributed by atoms with van der Waals surface area (Å²) in [6.45, 7) is 8.97. The lowest BCUT2D eigenvalue weighted by Gasteiger charge is -2.19. The van der Waals surface area contributed by atoms with Gasteiger partial charge in [0.25, 0.3) is 0 Å². The Bertz CT molecular complexity index is 434. The van der Waals surface area contributed by atoms with Gasteiger partial charge in [0.05, 0.1) is 0 Å². The molecule has 0 aromatic heterocycles. The van der Waals surface area contributed by atoms with Crippen LogP contribution in [0.4, 0.5) is 0 Å². The average Bonchev–Trinajstić information content (AvgIpc) is 2.51. The van der Waals surface area contributed by atoms with Crippen LogP contribution >= 0.6 is 0 Å².